The van der Waals surface area contributed by atoms with Crippen LogP contribution >= 0.6 is 0 Å². The van der Waals surface area contributed by atoms with Gasteiger partial charge in [-0.3, -0.25) is 0 Å². The Balaban J connectivity index is 1.87. The van der Waals surface area contributed by atoms with E-state index in [4.69, 9.17) is 9.47 Å². The van der Waals surface area contributed by atoms with Gasteiger partial charge in [0.15, 0.2) is 11.5 Å². The fourth-order valence-corrected chi connectivity index (χ4v) is 5.77. The average molecular weight is 313 g/mol. The van der Waals surface area contributed by atoms with Gasteiger partial charge < -0.3 is 19.5 Å². The number of aliphatic hydroxyl groups is 1. The van der Waals surface area contributed by atoms with Gasteiger partial charge in [-0.15, -0.1) is 0 Å². The predicted molar refractivity (Wildman–Crippen MR) is 87.1 cm³/mol. The Labute approximate surface area is 136 Å². The zero-order valence-corrected chi connectivity index (χ0v) is 13.9. The molecule has 4 nitrogen and oxygen atoms in total. The Morgan fingerprint density at radius 3 is 2.96 bits per heavy atom. The molecule has 0 radical (unpaired) electrons. The summed E-state index contributed by atoms with van der Waals surface area (Å²) in [5.74, 6) is 2.04. The van der Waals surface area contributed by atoms with Crippen molar-refractivity contribution in [3.8, 4) is 11.5 Å². The molecule has 1 aromatic carbocycles. The van der Waals surface area contributed by atoms with Crippen LogP contribution < -0.4 is 9.47 Å². The number of benzene rings is 1. The van der Waals surface area contributed by atoms with Crippen LogP contribution in [0.3, 0.4) is 0 Å². The van der Waals surface area contributed by atoms with Gasteiger partial charge in [-0.25, -0.2) is 0 Å². The molecule has 1 N–H and O–H groups in total. The van der Waals surface area contributed by atoms with Gasteiger partial charge in [0.05, 0.1) is 12.5 Å². The lowest BCUT2D eigenvalue weighted by Gasteiger charge is -2.60. The van der Waals surface area contributed by atoms with Crippen molar-refractivity contribution in [2.24, 2.45) is 5.92 Å². The van der Waals surface area contributed by atoms with Crippen molar-refractivity contribution in [3.05, 3.63) is 35.4 Å². The third kappa shape index (κ3) is 1.33. The first-order chi connectivity index (χ1) is 11.0. The molecule has 0 saturated carbocycles. The van der Waals surface area contributed by atoms with E-state index in [0.29, 0.717) is 12.0 Å². The monoisotopic (exact) mass is 313 g/mol. The number of methoxy groups -OCH3 is 1. The number of nitrogens with zero attached hydrogens (tertiary/aromatic N) is 1. The minimum atomic E-state index is -0.613. The lowest BCUT2D eigenvalue weighted by atomic mass is 9.49. The molecule has 2 bridgehead atoms. The summed E-state index contributed by atoms with van der Waals surface area (Å²) in [6, 6.07) is 4.69. The summed E-state index contributed by atoms with van der Waals surface area (Å²) >= 11 is 0. The highest BCUT2D eigenvalue weighted by molar-refractivity contribution is 5.63. The zero-order chi connectivity index (χ0) is 16.0. The van der Waals surface area contributed by atoms with Crippen LogP contribution in [0.25, 0.3) is 0 Å². The Kier molecular flexibility index (Phi) is 2.48. The third-order valence-electron chi connectivity index (χ3n) is 6.98. The first-order valence-corrected chi connectivity index (χ1v) is 8.49. The molecule has 122 valence electrons. The summed E-state index contributed by atoms with van der Waals surface area (Å²) in [6.07, 6.45) is 5.64. The Morgan fingerprint density at radius 1 is 1.35 bits per heavy atom. The number of likely N-dealkylation sites (N-methyl/N-ethyl adjacent to an activating group) is 1. The van der Waals surface area contributed by atoms with Crippen molar-refractivity contribution < 1.29 is 14.6 Å². The maximum absolute atomic E-state index is 10.8. The van der Waals surface area contributed by atoms with Crippen LogP contribution in [0.5, 0.6) is 11.5 Å². The number of rotatable bonds is 1. The topological polar surface area (TPSA) is 41.9 Å². The second-order valence-electron chi connectivity index (χ2n) is 7.67. The van der Waals surface area contributed by atoms with Crippen LogP contribution in [0.4, 0.5) is 0 Å². The van der Waals surface area contributed by atoms with Gasteiger partial charge in [0, 0.05) is 17.5 Å². The zero-order valence-electron chi connectivity index (χ0n) is 13.9. The highest BCUT2D eigenvalue weighted by Crippen LogP contribution is 2.66. The SMILES string of the molecule is COc1ccc2c3c1O[C@]1(C)[C@@H](O)C=C[C@H]4[C@@H](C2)N(C)CC[C@]341. The van der Waals surface area contributed by atoms with E-state index in [0.717, 1.165) is 30.9 Å². The minimum Gasteiger partial charge on any atom is -0.493 e. The van der Waals surface area contributed by atoms with E-state index in [-0.39, 0.29) is 5.41 Å². The molecule has 2 aliphatic carbocycles. The first kappa shape index (κ1) is 13.9. The van der Waals surface area contributed by atoms with Gasteiger partial charge in [0.25, 0.3) is 0 Å². The normalized spacial score (nSPS) is 43.0. The minimum absolute atomic E-state index is 0.143. The van der Waals surface area contributed by atoms with Crippen LogP contribution in [-0.4, -0.2) is 48.5 Å². The highest BCUT2D eigenvalue weighted by Gasteiger charge is 2.70. The maximum atomic E-state index is 10.8. The molecule has 1 spiro atoms. The molecule has 0 aromatic heterocycles. The van der Waals surface area contributed by atoms with Crippen LogP contribution in [0.2, 0.25) is 0 Å². The summed E-state index contributed by atoms with van der Waals surface area (Å²) in [5.41, 5.74) is 1.91. The van der Waals surface area contributed by atoms with Crippen LogP contribution in [0.15, 0.2) is 24.3 Å². The fraction of sp³-hybridized carbons (Fsp3) is 0.579. The van der Waals surface area contributed by atoms with Gasteiger partial charge in [-0.1, -0.05) is 18.2 Å². The van der Waals surface area contributed by atoms with E-state index in [1.165, 1.54) is 11.1 Å². The van der Waals surface area contributed by atoms with E-state index in [9.17, 15) is 5.11 Å². The van der Waals surface area contributed by atoms with Gasteiger partial charge in [-0.05, 0) is 45.0 Å². The average Bonchev–Trinajstić information content (AvgIpc) is 2.82. The van der Waals surface area contributed by atoms with Gasteiger partial charge in [0.1, 0.15) is 11.7 Å². The van der Waals surface area contributed by atoms with Gasteiger partial charge >= 0.3 is 0 Å². The molecule has 23 heavy (non-hydrogen) atoms. The molecule has 0 unspecified atom stereocenters. The summed E-state index contributed by atoms with van der Waals surface area (Å²) in [4.78, 5) is 2.48. The Hall–Kier alpha value is -1.52. The van der Waals surface area contributed by atoms with Gasteiger partial charge in [0.2, 0.25) is 0 Å². The van der Waals surface area contributed by atoms with Crippen molar-refractivity contribution >= 4 is 0 Å². The van der Waals surface area contributed by atoms with E-state index in [1.807, 2.05) is 12.1 Å². The standard InChI is InChI=1S/C19H23NO3/c1-18-15(21)7-5-12-13-10-11-4-6-14(22-3)17(23-18)16(11)19(12,18)8-9-20(13)2/h4-7,12-13,15,21H,8-10H2,1-3H3/t12-,13+,15-,18+,19+/m0/s1. The third-order valence-corrected chi connectivity index (χ3v) is 6.98. The van der Waals surface area contributed by atoms with E-state index >= 15 is 0 Å². The lowest BCUT2D eigenvalue weighted by molar-refractivity contribution is -0.110. The number of hydrogen-bond donors (Lipinski definition) is 1. The van der Waals surface area contributed by atoms with Gasteiger partial charge in [-0.2, -0.15) is 0 Å². The first-order valence-electron chi connectivity index (χ1n) is 8.49. The summed E-state index contributed by atoms with van der Waals surface area (Å²) in [6.45, 7) is 3.13. The number of aliphatic hydroxyl groups excluding tert-OH is 1. The number of likely N-dealkylation sites (tertiary alicyclic amines) is 1. The molecule has 2 aliphatic heterocycles. The highest BCUT2D eigenvalue weighted by atomic mass is 16.5. The number of hydrogen-bond acceptors (Lipinski definition) is 4. The van der Waals surface area contributed by atoms with Crippen molar-refractivity contribution in [2.45, 2.75) is 42.9 Å². The van der Waals surface area contributed by atoms with Crippen LogP contribution in [-0.2, 0) is 11.8 Å². The number of ether oxygens (including phenoxy) is 2. The van der Waals surface area contributed by atoms with Crippen LogP contribution in [0, 0.1) is 5.92 Å². The van der Waals surface area contributed by atoms with Crippen molar-refractivity contribution in [1.82, 2.24) is 4.90 Å². The Morgan fingerprint density at radius 2 is 2.17 bits per heavy atom. The molecular weight excluding hydrogens is 290 g/mol. The smallest absolute Gasteiger partial charge is 0.166 e. The molecule has 4 aliphatic rings. The molecular formula is C19H23NO3. The van der Waals surface area contributed by atoms with Crippen molar-refractivity contribution in [2.75, 3.05) is 20.7 Å². The summed E-state index contributed by atoms with van der Waals surface area (Å²) in [7, 11) is 3.91. The van der Waals surface area contributed by atoms with Crippen molar-refractivity contribution in [1.29, 1.82) is 0 Å². The van der Waals surface area contributed by atoms with E-state index < -0.39 is 11.7 Å². The van der Waals surface area contributed by atoms with Crippen LogP contribution in [0.1, 0.15) is 24.5 Å². The molecule has 4 heteroatoms. The molecule has 2 heterocycles. The second-order valence-corrected chi connectivity index (χ2v) is 7.67. The molecule has 1 fully saturated rings. The fourth-order valence-electron chi connectivity index (χ4n) is 5.77. The molecule has 5 atom stereocenters. The number of piperidine rings is 1. The molecule has 5 rings (SSSR count). The van der Waals surface area contributed by atoms with Crippen molar-refractivity contribution in [3.63, 3.8) is 0 Å². The lowest BCUT2D eigenvalue weighted by Crippen LogP contribution is -2.70. The molecule has 0 amide bonds. The Bertz CT molecular complexity index is 730. The summed E-state index contributed by atoms with van der Waals surface area (Å²) in [5, 5.41) is 10.8. The maximum Gasteiger partial charge on any atom is 0.166 e. The molecule has 1 saturated heterocycles. The van der Waals surface area contributed by atoms with E-state index in [1.54, 1.807) is 7.11 Å². The summed E-state index contributed by atoms with van der Waals surface area (Å²) < 4.78 is 12.1. The van der Waals surface area contributed by atoms with E-state index in [2.05, 4.69) is 31.0 Å². The quantitative estimate of drug-likeness (QED) is 0.804. The second kappa shape index (κ2) is 4.11. The predicted octanol–water partition coefficient (Wildman–Crippen LogP) is 1.89. The molecule has 1 aromatic rings. The largest absolute Gasteiger partial charge is 0.493 e.